The Kier molecular flexibility index (Phi) is 5.49. The van der Waals surface area contributed by atoms with Crippen LogP contribution in [-0.4, -0.2) is 42.5 Å². The molecule has 0 radical (unpaired) electrons. The van der Waals surface area contributed by atoms with Gasteiger partial charge in [-0.15, -0.1) is 0 Å². The van der Waals surface area contributed by atoms with E-state index in [9.17, 15) is 8.42 Å². The number of pyridine rings is 2. The van der Waals surface area contributed by atoms with Gasteiger partial charge in [-0.3, -0.25) is 9.71 Å². The largest absolute Gasteiger partial charge is 0.493 e. The van der Waals surface area contributed by atoms with Crippen LogP contribution in [0.3, 0.4) is 0 Å². The maximum Gasteiger partial charge on any atom is 0.280 e. The second-order valence-electron chi connectivity index (χ2n) is 6.90. The smallest absolute Gasteiger partial charge is 0.280 e. The number of hydrogen-bond acceptors (Lipinski definition) is 9. The van der Waals surface area contributed by atoms with Gasteiger partial charge in [0, 0.05) is 24.2 Å². The molecule has 0 aliphatic rings. The number of nitrogens with zero attached hydrogens (tertiary/aromatic N) is 4. The number of para-hydroxylation sites is 2. The first-order valence-electron chi connectivity index (χ1n) is 11.3. The van der Waals surface area contributed by atoms with E-state index in [1.54, 1.807) is 43.3 Å². The number of hydrogen-bond donors (Lipinski definition) is 1. The topological polar surface area (TPSA) is 125 Å². The highest BCUT2D eigenvalue weighted by atomic mass is 32.2. The van der Waals surface area contributed by atoms with E-state index < -0.39 is 28.7 Å². The van der Waals surface area contributed by atoms with E-state index in [-0.39, 0.29) is 28.2 Å². The standard InChI is InChI=1S/C23H21N5O5S/c1-15-8-9-19(25-14-15)34(29,30)28-22-20(33-18-7-5-4-6-17(18)31-2)23(32-3)27-21(26-22)16-10-12-24-13-11-16/h4-14H,1-3H3,(H,26,27,28)/i3D3. The summed E-state index contributed by atoms with van der Waals surface area (Å²) in [5.74, 6) is -0.918. The summed E-state index contributed by atoms with van der Waals surface area (Å²) in [5.41, 5.74) is 1.18. The lowest BCUT2D eigenvalue weighted by Gasteiger charge is -2.17. The van der Waals surface area contributed by atoms with Crippen LogP contribution in [-0.2, 0) is 10.0 Å². The average molecular weight is 483 g/mol. The van der Waals surface area contributed by atoms with Crippen molar-refractivity contribution in [2.24, 2.45) is 0 Å². The molecule has 0 saturated heterocycles. The molecule has 1 N–H and O–H groups in total. The Labute approximate surface area is 200 Å². The molecule has 4 rings (SSSR count). The van der Waals surface area contributed by atoms with E-state index in [2.05, 4.69) is 24.7 Å². The Balaban J connectivity index is 1.92. The number of sulfonamides is 1. The fraction of sp³-hybridized carbons (Fsp3) is 0.130. The van der Waals surface area contributed by atoms with Gasteiger partial charge in [-0.25, -0.2) is 9.97 Å². The van der Waals surface area contributed by atoms with Gasteiger partial charge in [-0.1, -0.05) is 18.2 Å². The fourth-order valence-electron chi connectivity index (χ4n) is 2.90. The molecule has 0 amide bonds. The number of ether oxygens (including phenoxy) is 3. The van der Waals surface area contributed by atoms with Gasteiger partial charge < -0.3 is 14.2 Å². The van der Waals surface area contributed by atoms with Gasteiger partial charge >= 0.3 is 0 Å². The SMILES string of the molecule is [2H]C([2H])([2H])Oc1nc(-c2ccncc2)nc(NS(=O)(=O)c2ccc(C)cn2)c1Oc1ccccc1OC. The van der Waals surface area contributed by atoms with Crippen LogP contribution in [0.25, 0.3) is 11.4 Å². The van der Waals surface area contributed by atoms with Gasteiger partial charge in [0.2, 0.25) is 5.75 Å². The zero-order valence-electron chi connectivity index (χ0n) is 21.1. The number of anilines is 1. The minimum Gasteiger partial charge on any atom is -0.493 e. The highest BCUT2D eigenvalue weighted by Gasteiger charge is 2.25. The molecule has 174 valence electrons. The molecule has 1 aromatic carbocycles. The summed E-state index contributed by atoms with van der Waals surface area (Å²) >= 11 is 0. The summed E-state index contributed by atoms with van der Waals surface area (Å²) in [7, 11) is -5.82. The second-order valence-corrected chi connectivity index (χ2v) is 8.53. The van der Waals surface area contributed by atoms with Gasteiger partial charge in [0.1, 0.15) is 0 Å². The molecular formula is C23H21N5O5S. The Morgan fingerprint density at radius 1 is 0.971 bits per heavy atom. The number of aryl methyl sites for hydroxylation is 1. The second kappa shape index (κ2) is 9.71. The summed E-state index contributed by atoms with van der Waals surface area (Å²) in [6, 6.07) is 12.5. The van der Waals surface area contributed by atoms with E-state index >= 15 is 0 Å². The number of methoxy groups -OCH3 is 2. The predicted molar refractivity (Wildman–Crippen MR) is 125 cm³/mol. The Hall–Kier alpha value is -4.25. The third kappa shape index (κ3) is 4.89. The Morgan fingerprint density at radius 2 is 1.74 bits per heavy atom. The minimum absolute atomic E-state index is 0.0383. The molecular weight excluding hydrogens is 458 g/mol. The monoisotopic (exact) mass is 482 g/mol. The lowest BCUT2D eigenvalue weighted by atomic mass is 10.2. The third-order valence-corrected chi connectivity index (χ3v) is 5.80. The molecule has 0 spiro atoms. The Bertz CT molecular complexity index is 1500. The summed E-state index contributed by atoms with van der Waals surface area (Å²) < 4.78 is 67.9. The van der Waals surface area contributed by atoms with Crippen molar-refractivity contribution in [1.82, 2.24) is 19.9 Å². The molecule has 0 bridgehead atoms. The van der Waals surface area contributed by atoms with Crippen LogP contribution in [0.15, 0.2) is 72.1 Å². The van der Waals surface area contributed by atoms with Crippen LogP contribution in [0.2, 0.25) is 0 Å². The number of rotatable bonds is 8. The van der Waals surface area contributed by atoms with Crippen LogP contribution >= 0.6 is 0 Å². The van der Waals surface area contributed by atoms with Crippen LogP contribution in [0.4, 0.5) is 5.82 Å². The molecule has 10 nitrogen and oxygen atoms in total. The van der Waals surface area contributed by atoms with Gasteiger partial charge in [-0.2, -0.15) is 13.4 Å². The van der Waals surface area contributed by atoms with Crippen molar-refractivity contribution in [2.75, 3.05) is 18.9 Å². The lowest BCUT2D eigenvalue weighted by Crippen LogP contribution is -2.17. The first-order valence-corrected chi connectivity index (χ1v) is 11.3. The maximum absolute atomic E-state index is 13.2. The quantitative estimate of drug-likeness (QED) is 0.398. The third-order valence-electron chi connectivity index (χ3n) is 4.54. The molecule has 4 aromatic rings. The molecule has 0 saturated carbocycles. The van der Waals surface area contributed by atoms with E-state index in [0.717, 1.165) is 5.56 Å². The number of benzene rings is 1. The van der Waals surface area contributed by atoms with Crippen LogP contribution < -0.4 is 18.9 Å². The zero-order chi connectivity index (χ0) is 26.6. The molecule has 3 aromatic heterocycles. The molecule has 0 aliphatic carbocycles. The maximum atomic E-state index is 13.2. The van der Waals surface area contributed by atoms with Gasteiger partial charge in [-0.05, 0) is 42.8 Å². The van der Waals surface area contributed by atoms with E-state index in [4.69, 9.17) is 18.3 Å². The van der Waals surface area contributed by atoms with Crippen molar-refractivity contribution in [3.63, 3.8) is 0 Å². The van der Waals surface area contributed by atoms with Gasteiger partial charge in [0.15, 0.2) is 28.2 Å². The fourth-order valence-corrected chi connectivity index (χ4v) is 3.83. The van der Waals surface area contributed by atoms with Gasteiger partial charge in [0.25, 0.3) is 15.9 Å². The Morgan fingerprint density at radius 3 is 2.41 bits per heavy atom. The summed E-state index contributed by atoms with van der Waals surface area (Å²) in [5, 5.41) is -0.288. The number of nitrogens with one attached hydrogen (secondary N) is 1. The van der Waals surface area contributed by atoms with Crippen molar-refractivity contribution in [3.05, 3.63) is 72.7 Å². The molecule has 0 aliphatic heterocycles. The van der Waals surface area contributed by atoms with Crippen molar-refractivity contribution < 1.29 is 26.7 Å². The highest BCUT2D eigenvalue weighted by molar-refractivity contribution is 7.92. The minimum atomic E-state index is -4.29. The van der Waals surface area contributed by atoms with E-state index in [1.165, 1.54) is 37.8 Å². The summed E-state index contributed by atoms with van der Waals surface area (Å²) in [4.78, 5) is 16.4. The van der Waals surface area contributed by atoms with Gasteiger partial charge in [0.05, 0.1) is 18.3 Å². The molecule has 0 atom stereocenters. The van der Waals surface area contributed by atoms with Crippen LogP contribution in [0.5, 0.6) is 23.1 Å². The first kappa shape index (κ1) is 19.2. The molecule has 0 fully saturated rings. The molecule has 0 unspecified atom stereocenters. The zero-order valence-corrected chi connectivity index (χ0v) is 18.9. The highest BCUT2D eigenvalue weighted by Crippen LogP contribution is 2.41. The van der Waals surface area contributed by atoms with Crippen molar-refractivity contribution in [1.29, 1.82) is 0 Å². The van der Waals surface area contributed by atoms with Crippen LogP contribution in [0.1, 0.15) is 9.68 Å². The molecule has 3 heterocycles. The van der Waals surface area contributed by atoms with Crippen molar-refractivity contribution in [2.45, 2.75) is 11.9 Å². The molecule has 34 heavy (non-hydrogen) atoms. The summed E-state index contributed by atoms with van der Waals surface area (Å²) in [6.45, 7) is 1.76. The van der Waals surface area contributed by atoms with Crippen LogP contribution in [0, 0.1) is 6.92 Å². The van der Waals surface area contributed by atoms with E-state index in [0.29, 0.717) is 5.56 Å². The average Bonchev–Trinajstić information content (AvgIpc) is 2.85. The van der Waals surface area contributed by atoms with E-state index in [1.807, 2.05) is 0 Å². The molecule has 11 heteroatoms. The van der Waals surface area contributed by atoms with Crippen molar-refractivity contribution >= 4 is 15.8 Å². The van der Waals surface area contributed by atoms with Crippen molar-refractivity contribution in [3.8, 4) is 34.5 Å². The first-order chi connectivity index (χ1) is 17.6. The lowest BCUT2D eigenvalue weighted by molar-refractivity contribution is 0.348. The predicted octanol–water partition coefficient (Wildman–Crippen LogP) is 3.85. The normalized spacial score (nSPS) is 12.7. The summed E-state index contributed by atoms with van der Waals surface area (Å²) in [6.07, 6.45) is 4.34. The number of aromatic nitrogens is 4.